The van der Waals surface area contributed by atoms with Gasteiger partial charge in [0, 0.05) is 66.0 Å². The average molecular weight is 593 g/mol. The third kappa shape index (κ3) is 6.63. The van der Waals surface area contributed by atoms with Gasteiger partial charge in [0.2, 0.25) is 11.8 Å². The summed E-state index contributed by atoms with van der Waals surface area (Å²) in [5, 5.41) is 25.1. The number of amides is 2. The van der Waals surface area contributed by atoms with Gasteiger partial charge in [-0.05, 0) is 86.8 Å². The lowest BCUT2D eigenvalue weighted by Gasteiger charge is -2.14. The van der Waals surface area contributed by atoms with E-state index >= 15 is 0 Å². The zero-order chi connectivity index (χ0) is 31.6. The van der Waals surface area contributed by atoms with Crippen molar-refractivity contribution in [2.24, 2.45) is 0 Å². The standard InChI is InChI=1S/C33H44N4O6/c1-7-20-19(6)32(42)37-27(20)14-25-18(5)23(10-12-31(40)41)29(35-25)15-28-22(9-11-30(38)39)17(4)24(34-28)13-26-16(3)21(8-2)33(43)36-26/h26-27,34-35H,7-15H2,1-6H3,(H,36,43)(H,37,42)(H,38,39)(H,40,41)/t26-,27+/m0/s1. The molecule has 0 aromatic carbocycles. The number of carboxylic acid groups (broad SMARTS) is 2. The molecular formula is C33H44N4O6. The molecule has 2 aromatic rings. The van der Waals surface area contributed by atoms with Gasteiger partial charge in [-0.2, -0.15) is 0 Å². The van der Waals surface area contributed by atoms with Crippen LogP contribution in [0.3, 0.4) is 0 Å². The second-order valence-electron chi connectivity index (χ2n) is 11.8. The molecule has 0 radical (unpaired) electrons. The Morgan fingerprint density at radius 2 is 1.19 bits per heavy atom. The largest absolute Gasteiger partial charge is 0.481 e. The van der Waals surface area contributed by atoms with Crippen LogP contribution in [0.2, 0.25) is 0 Å². The summed E-state index contributed by atoms with van der Waals surface area (Å²) in [6.45, 7) is 11.8. The van der Waals surface area contributed by atoms with E-state index in [1.54, 1.807) is 0 Å². The summed E-state index contributed by atoms with van der Waals surface area (Å²) >= 11 is 0. The minimum absolute atomic E-state index is 0.0157. The summed E-state index contributed by atoms with van der Waals surface area (Å²) in [6.07, 6.45) is 3.70. The van der Waals surface area contributed by atoms with Crippen molar-refractivity contribution in [2.75, 3.05) is 0 Å². The molecule has 2 atom stereocenters. The van der Waals surface area contributed by atoms with E-state index in [1.165, 1.54) is 0 Å². The average Bonchev–Trinajstić information content (AvgIpc) is 3.59. The fourth-order valence-electron chi connectivity index (χ4n) is 6.79. The van der Waals surface area contributed by atoms with Crippen LogP contribution in [0.1, 0.15) is 98.4 Å². The van der Waals surface area contributed by atoms with Crippen LogP contribution < -0.4 is 10.6 Å². The van der Waals surface area contributed by atoms with Crippen molar-refractivity contribution in [1.82, 2.24) is 20.6 Å². The zero-order valence-corrected chi connectivity index (χ0v) is 26.0. The summed E-state index contributed by atoms with van der Waals surface area (Å²) in [7, 11) is 0. The van der Waals surface area contributed by atoms with Crippen molar-refractivity contribution in [3.8, 4) is 0 Å². The Bertz CT molecular complexity index is 1520. The van der Waals surface area contributed by atoms with Gasteiger partial charge in [0.1, 0.15) is 0 Å². The molecule has 2 aromatic heterocycles. The summed E-state index contributed by atoms with van der Waals surface area (Å²) in [5.41, 5.74) is 11.2. The van der Waals surface area contributed by atoms with Crippen LogP contribution in [-0.4, -0.2) is 56.0 Å². The van der Waals surface area contributed by atoms with E-state index < -0.39 is 11.9 Å². The van der Waals surface area contributed by atoms with Gasteiger partial charge in [0.05, 0.1) is 12.1 Å². The van der Waals surface area contributed by atoms with E-state index in [9.17, 15) is 29.4 Å². The van der Waals surface area contributed by atoms with Crippen molar-refractivity contribution in [3.05, 3.63) is 67.3 Å². The molecule has 0 aliphatic carbocycles. The number of rotatable bonds is 14. The molecule has 2 amide bonds. The molecule has 10 heteroatoms. The lowest BCUT2D eigenvalue weighted by atomic mass is 9.95. The number of aromatic nitrogens is 2. The SMILES string of the molecule is CCC1=C(C)[C@H](Cc2[nH]c(Cc3[nH]c(C[C@H]4NC(=O)C(C)=C4CC)c(C)c3CCC(=O)O)c(CCC(=O)O)c2C)NC1=O. The van der Waals surface area contributed by atoms with Gasteiger partial charge in [0.15, 0.2) is 0 Å². The minimum Gasteiger partial charge on any atom is -0.481 e. The molecule has 2 aliphatic heterocycles. The molecule has 0 saturated carbocycles. The monoisotopic (exact) mass is 592 g/mol. The fraction of sp³-hybridized carbons (Fsp3) is 0.515. The van der Waals surface area contributed by atoms with Crippen molar-refractivity contribution < 1.29 is 29.4 Å². The zero-order valence-electron chi connectivity index (χ0n) is 26.0. The molecule has 6 N–H and O–H groups in total. The van der Waals surface area contributed by atoms with E-state index in [0.29, 0.717) is 38.5 Å². The van der Waals surface area contributed by atoms with Crippen molar-refractivity contribution in [2.45, 2.75) is 111 Å². The number of aliphatic carboxylic acids is 2. The van der Waals surface area contributed by atoms with Crippen molar-refractivity contribution >= 4 is 23.8 Å². The highest BCUT2D eigenvalue weighted by molar-refractivity contribution is 5.97. The van der Waals surface area contributed by atoms with Crippen LogP contribution in [0.15, 0.2) is 22.3 Å². The Kier molecular flexibility index (Phi) is 9.67. The van der Waals surface area contributed by atoms with Gasteiger partial charge >= 0.3 is 11.9 Å². The van der Waals surface area contributed by atoms with Crippen LogP contribution in [0.4, 0.5) is 0 Å². The molecule has 2 aliphatic rings. The first kappa shape index (κ1) is 31.8. The Morgan fingerprint density at radius 3 is 1.63 bits per heavy atom. The van der Waals surface area contributed by atoms with E-state index in [0.717, 1.165) is 73.7 Å². The van der Waals surface area contributed by atoms with Gasteiger partial charge in [-0.3, -0.25) is 19.2 Å². The first-order chi connectivity index (χ1) is 20.4. The molecular weight excluding hydrogens is 548 g/mol. The first-order valence-corrected chi connectivity index (χ1v) is 15.2. The highest BCUT2D eigenvalue weighted by Gasteiger charge is 2.31. The van der Waals surface area contributed by atoms with Gasteiger partial charge in [-0.15, -0.1) is 0 Å². The Hall–Kier alpha value is -4.08. The highest BCUT2D eigenvalue weighted by atomic mass is 16.4. The second kappa shape index (κ2) is 13.1. The molecule has 0 fully saturated rings. The molecule has 4 rings (SSSR count). The smallest absolute Gasteiger partial charge is 0.303 e. The predicted molar refractivity (Wildman–Crippen MR) is 163 cm³/mol. The summed E-state index contributed by atoms with van der Waals surface area (Å²) in [4.78, 5) is 55.1. The number of carboxylic acids is 2. The lowest BCUT2D eigenvalue weighted by Crippen LogP contribution is -2.31. The summed E-state index contributed by atoms with van der Waals surface area (Å²) < 4.78 is 0. The van der Waals surface area contributed by atoms with Gasteiger partial charge in [0.25, 0.3) is 0 Å². The van der Waals surface area contributed by atoms with Gasteiger partial charge in [-0.25, -0.2) is 0 Å². The first-order valence-electron chi connectivity index (χ1n) is 15.2. The van der Waals surface area contributed by atoms with E-state index in [4.69, 9.17) is 0 Å². The number of H-pyrrole nitrogens is 2. The van der Waals surface area contributed by atoms with Gasteiger partial charge < -0.3 is 30.8 Å². The van der Waals surface area contributed by atoms with E-state index in [2.05, 4.69) is 20.6 Å². The van der Waals surface area contributed by atoms with Crippen molar-refractivity contribution in [3.63, 3.8) is 0 Å². The maximum atomic E-state index is 12.5. The fourth-order valence-corrected chi connectivity index (χ4v) is 6.79. The maximum absolute atomic E-state index is 12.5. The summed E-state index contributed by atoms with van der Waals surface area (Å²) in [6, 6.07) is -0.247. The Labute approximate surface area is 252 Å². The van der Waals surface area contributed by atoms with Crippen LogP contribution in [0, 0.1) is 13.8 Å². The predicted octanol–water partition coefficient (Wildman–Crippen LogP) is 4.12. The molecule has 0 saturated heterocycles. The highest BCUT2D eigenvalue weighted by Crippen LogP contribution is 2.31. The van der Waals surface area contributed by atoms with E-state index in [1.807, 2.05) is 41.5 Å². The van der Waals surface area contributed by atoms with Gasteiger partial charge in [-0.1, -0.05) is 13.8 Å². The maximum Gasteiger partial charge on any atom is 0.303 e. The number of carbonyl (C=O) groups excluding carboxylic acids is 2. The third-order valence-electron chi connectivity index (χ3n) is 9.35. The third-order valence-corrected chi connectivity index (χ3v) is 9.35. The Morgan fingerprint density at radius 1 is 0.698 bits per heavy atom. The van der Waals surface area contributed by atoms with E-state index in [-0.39, 0.29) is 36.7 Å². The number of aromatic amines is 2. The molecule has 232 valence electrons. The van der Waals surface area contributed by atoms with Crippen LogP contribution in [0.25, 0.3) is 0 Å². The molecule has 0 bridgehead atoms. The molecule has 0 spiro atoms. The molecule has 4 heterocycles. The quantitative estimate of drug-likeness (QED) is 0.193. The minimum atomic E-state index is -0.878. The van der Waals surface area contributed by atoms with Crippen molar-refractivity contribution in [1.29, 1.82) is 0 Å². The second-order valence-corrected chi connectivity index (χ2v) is 11.8. The van der Waals surface area contributed by atoms with Crippen LogP contribution >= 0.6 is 0 Å². The summed E-state index contributed by atoms with van der Waals surface area (Å²) in [5.74, 6) is -1.84. The number of hydrogen-bond acceptors (Lipinski definition) is 4. The number of nitrogens with one attached hydrogen (secondary N) is 4. The normalized spacial score (nSPS) is 18.6. The number of hydrogen-bond donors (Lipinski definition) is 6. The lowest BCUT2D eigenvalue weighted by molar-refractivity contribution is -0.138. The Balaban J connectivity index is 1.70. The van der Waals surface area contributed by atoms with Crippen LogP contribution in [-0.2, 0) is 51.3 Å². The topological polar surface area (TPSA) is 164 Å². The van der Waals surface area contributed by atoms with Crippen LogP contribution in [0.5, 0.6) is 0 Å². The molecule has 0 unspecified atom stereocenters. The number of carbonyl (C=O) groups is 4. The molecule has 10 nitrogen and oxygen atoms in total. The molecule has 43 heavy (non-hydrogen) atoms.